The quantitative estimate of drug-likeness (QED) is 0.703. The molecule has 2 heterocycles. The third-order valence-electron chi connectivity index (χ3n) is 3.18. The van der Waals surface area contributed by atoms with Crippen molar-refractivity contribution in [3.05, 3.63) is 58.6 Å². The van der Waals surface area contributed by atoms with Crippen LogP contribution in [-0.2, 0) is 7.05 Å². The Morgan fingerprint density at radius 2 is 2.25 bits per heavy atom. The Bertz CT molecular complexity index is 858. The summed E-state index contributed by atoms with van der Waals surface area (Å²) in [5, 5.41) is 9.38. The van der Waals surface area contributed by atoms with Gasteiger partial charge in [0.2, 0.25) is 0 Å². The molecule has 0 amide bonds. The van der Waals surface area contributed by atoms with Crippen molar-refractivity contribution in [2.24, 2.45) is 7.05 Å². The van der Waals surface area contributed by atoms with Crippen LogP contribution in [0.1, 0.15) is 17.2 Å². The summed E-state index contributed by atoms with van der Waals surface area (Å²) in [6.45, 7) is 0. The molecule has 6 nitrogen and oxygen atoms in total. The van der Waals surface area contributed by atoms with E-state index in [9.17, 15) is 10.1 Å². The predicted molar refractivity (Wildman–Crippen MR) is 70.9 cm³/mol. The molecule has 0 spiro atoms. The van der Waals surface area contributed by atoms with Gasteiger partial charge >= 0.3 is 5.76 Å². The summed E-state index contributed by atoms with van der Waals surface area (Å²) in [5.41, 5.74) is 2.54. The van der Waals surface area contributed by atoms with Gasteiger partial charge in [-0.2, -0.15) is 5.26 Å². The highest BCUT2D eigenvalue weighted by Crippen LogP contribution is 2.25. The molecule has 6 heteroatoms. The zero-order chi connectivity index (χ0) is 14.1. The van der Waals surface area contributed by atoms with Gasteiger partial charge in [-0.05, 0) is 23.8 Å². The molecule has 98 valence electrons. The van der Waals surface area contributed by atoms with Crippen molar-refractivity contribution in [3.63, 3.8) is 0 Å². The summed E-state index contributed by atoms with van der Waals surface area (Å²) in [4.78, 5) is 19.4. The number of hydrogen-bond acceptors (Lipinski definition) is 5. The Labute approximate surface area is 113 Å². The largest absolute Gasteiger partial charge is 0.419 e. The summed E-state index contributed by atoms with van der Waals surface area (Å²) in [5.74, 6) is -0.930. The fraction of sp³-hybridized carbons (Fsp3) is 0.143. The fourth-order valence-electron chi connectivity index (χ4n) is 2.11. The second-order valence-corrected chi connectivity index (χ2v) is 4.35. The summed E-state index contributed by atoms with van der Waals surface area (Å²) < 4.78 is 6.48. The van der Waals surface area contributed by atoms with Crippen LogP contribution in [0.5, 0.6) is 0 Å². The van der Waals surface area contributed by atoms with Gasteiger partial charge in [0.1, 0.15) is 12.2 Å². The predicted octanol–water partition coefficient (Wildman–Crippen LogP) is 1.58. The molecule has 0 aliphatic carbocycles. The van der Waals surface area contributed by atoms with Crippen LogP contribution in [0.4, 0.5) is 0 Å². The number of rotatable bonds is 2. The Balaban J connectivity index is 2.16. The molecular weight excluding hydrogens is 256 g/mol. The van der Waals surface area contributed by atoms with E-state index in [0.717, 1.165) is 5.56 Å². The number of aromatic nitrogens is 3. The maximum absolute atomic E-state index is 11.5. The van der Waals surface area contributed by atoms with Crippen LogP contribution in [0.2, 0.25) is 0 Å². The first-order chi connectivity index (χ1) is 9.70. The van der Waals surface area contributed by atoms with E-state index in [1.54, 1.807) is 37.5 Å². The molecule has 0 saturated heterocycles. The van der Waals surface area contributed by atoms with Crippen LogP contribution >= 0.6 is 0 Å². The number of nitrogens with zero attached hydrogens (tertiary/aromatic N) is 4. The normalized spacial score (nSPS) is 12.2. The average molecular weight is 266 g/mol. The van der Waals surface area contributed by atoms with Gasteiger partial charge in [-0.15, -0.1) is 0 Å². The smallest absolute Gasteiger partial charge is 0.408 e. The molecule has 0 aliphatic heterocycles. The topological polar surface area (TPSA) is 84.7 Å². The van der Waals surface area contributed by atoms with E-state index in [4.69, 9.17) is 4.42 Å². The van der Waals surface area contributed by atoms with Gasteiger partial charge in [0.25, 0.3) is 0 Å². The van der Waals surface area contributed by atoms with Gasteiger partial charge in [0, 0.05) is 13.2 Å². The standard InChI is InChI=1S/C14H10N4O2/c1-18-12-6-9(2-3-13(12)20-14(18)19)10(7-15)11-4-5-16-8-17-11/h2-6,8,10H,1H3. The second kappa shape index (κ2) is 4.63. The lowest BCUT2D eigenvalue weighted by Gasteiger charge is -2.08. The van der Waals surface area contributed by atoms with Crippen molar-refractivity contribution in [2.75, 3.05) is 0 Å². The van der Waals surface area contributed by atoms with E-state index in [1.165, 1.54) is 10.9 Å². The van der Waals surface area contributed by atoms with Crippen molar-refractivity contribution in [2.45, 2.75) is 5.92 Å². The molecule has 20 heavy (non-hydrogen) atoms. The fourth-order valence-corrected chi connectivity index (χ4v) is 2.11. The number of oxazole rings is 1. The Kier molecular flexibility index (Phi) is 2.80. The SMILES string of the molecule is Cn1c(=O)oc2ccc(C(C#N)c3ccncn3)cc21. The van der Waals surface area contributed by atoms with Gasteiger partial charge < -0.3 is 4.42 Å². The van der Waals surface area contributed by atoms with Crippen LogP contribution in [0, 0.1) is 11.3 Å². The van der Waals surface area contributed by atoms with Gasteiger partial charge in [0.05, 0.1) is 17.3 Å². The Hall–Kier alpha value is -2.94. The Morgan fingerprint density at radius 1 is 1.40 bits per heavy atom. The molecular formula is C14H10N4O2. The molecule has 2 aromatic heterocycles. The lowest BCUT2D eigenvalue weighted by molar-refractivity contribution is 0.528. The lowest BCUT2D eigenvalue weighted by atomic mass is 9.96. The number of benzene rings is 1. The molecule has 0 N–H and O–H groups in total. The Morgan fingerprint density at radius 3 is 2.95 bits per heavy atom. The molecule has 1 atom stereocenters. The summed E-state index contributed by atoms with van der Waals surface area (Å²) in [6.07, 6.45) is 3.00. The number of nitriles is 1. The van der Waals surface area contributed by atoms with Crippen molar-refractivity contribution < 1.29 is 4.42 Å². The van der Waals surface area contributed by atoms with E-state index >= 15 is 0 Å². The first-order valence-corrected chi connectivity index (χ1v) is 5.95. The minimum absolute atomic E-state index is 0.423. The van der Waals surface area contributed by atoms with E-state index in [0.29, 0.717) is 16.8 Å². The van der Waals surface area contributed by atoms with Crippen molar-refractivity contribution in [1.82, 2.24) is 14.5 Å². The molecule has 0 radical (unpaired) electrons. The van der Waals surface area contributed by atoms with Crippen molar-refractivity contribution in [3.8, 4) is 6.07 Å². The van der Waals surface area contributed by atoms with Crippen molar-refractivity contribution in [1.29, 1.82) is 5.26 Å². The van der Waals surface area contributed by atoms with Gasteiger partial charge in [-0.3, -0.25) is 4.57 Å². The molecule has 0 fully saturated rings. The third-order valence-corrected chi connectivity index (χ3v) is 3.18. The van der Waals surface area contributed by atoms with Crippen LogP contribution in [0.3, 0.4) is 0 Å². The molecule has 1 aromatic carbocycles. The molecule has 1 unspecified atom stereocenters. The minimum Gasteiger partial charge on any atom is -0.408 e. The van der Waals surface area contributed by atoms with Crippen LogP contribution in [-0.4, -0.2) is 14.5 Å². The summed E-state index contributed by atoms with van der Waals surface area (Å²) in [7, 11) is 1.63. The minimum atomic E-state index is -0.507. The van der Waals surface area contributed by atoms with Gasteiger partial charge in [-0.25, -0.2) is 14.8 Å². The van der Waals surface area contributed by atoms with Gasteiger partial charge in [0.15, 0.2) is 5.58 Å². The first kappa shape index (κ1) is 12.1. The van der Waals surface area contributed by atoms with E-state index in [2.05, 4.69) is 16.0 Å². The molecule has 0 bridgehead atoms. The van der Waals surface area contributed by atoms with E-state index < -0.39 is 11.7 Å². The van der Waals surface area contributed by atoms with E-state index in [-0.39, 0.29) is 0 Å². The molecule has 3 aromatic rings. The third kappa shape index (κ3) is 1.86. The van der Waals surface area contributed by atoms with Gasteiger partial charge in [-0.1, -0.05) is 6.07 Å². The zero-order valence-corrected chi connectivity index (χ0v) is 10.6. The highest BCUT2D eigenvalue weighted by Gasteiger charge is 2.16. The highest BCUT2D eigenvalue weighted by molar-refractivity contribution is 5.74. The maximum Gasteiger partial charge on any atom is 0.419 e. The zero-order valence-electron chi connectivity index (χ0n) is 10.6. The second-order valence-electron chi connectivity index (χ2n) is 4.35. The van der Waals surface area contributed by atoms with Crippen molar-refractivity contribution >= 4 is 11.1 Å². The summed E-state index contributed by atoms with van der Waals surface area (Å²) in [6, 6.07) is 9.15. The highest BCUT2D eigenvalue weighted by atomic mass is 16.4. The van der Waals surface area contributed by atoms with Crippen LogP contribution < -0.4 is 5.76 Å². The monoisotopic (exact) mass is 266 g/mol. The average Bonchev–Trinajstić information content (AvgIpc) is 2.76. The van der Waals surface area contributed by atoms with E-state index in [1.807, 2.05) is 0 Å². The number of hydrogen-bond donors (Lipinski definition) is 0. The maximum atomic E-state index is 11.5. The molecule has 0 aliphatic rings. The summed E-state index contributed by atoms with van der Waals surface area (Å²) >= 11 is 0. The van der Waals surface area contributed by atoms with Crippen LogP contribution in [0.25, 0.3) is 11.1 Å². The number of aryl methyl sites for hydroxylation is 1. The number of fused-ring (bicyclic) bond motifs is 1. The lowest BCUT2D eigenvalue weighted by Crippen LogP contribution is -2.08. The van der Waals surface area contributed by atoms with Crippen LogP contribution in [0.15, 0.2) is 46.0 Å². The molecule has 0 saturated carbocycles. The first-order valence-electron chi connectivity index (χ1n) is 5.95. The molecule has 3 rings (SSSR count).